The van der Waals surface area contributed by atoms with E-state index in [1.54, 1.807) is 6.20 Å². The number of carbonyl (C=O) groups excluding carboxylic acids is 1. The number of aryl methyl sites for hydroxylation is 2. The zero-order valence-corrected chi connectivity index (χ0v) is 11.8. The van der Waals surface area contributed by atoms with Crippen molar-refractivity contribution in [2.75, 3.05) is 6.54 Å². The van der Waals surface area contributed by atoms with Crippen molar-refractivity contribution in [3.8, 4) is 0 Å². The molecule has 0 radical (unpaired) electrons. The van der Waals surface area contributed by atoms with Gasteiger partial charge in [-0.1, -0.05) is 35.9 Å². The van der Waals surface area contributed by atoms with Gasteiger partial charge in [-0.15, -0.1) is 0 Å². The first-order valence-electron chi connectivity index (χ1n) is 6.96. The van der Waals surface area contributed by atoms with E-state index in [0.29, 0.717) is 13.0 Å². The normalized spacial score (nSPS) is 10.2. The van der Waals surface area contributed by atoms with E-state index in [9.17, 15) is 4.79 Å². The Kier molecular flexibility index (Phi) is 5.30. The monoisotopic (exact) mass is 268 g/mol. The van der Waals surface area contributed by atoms with Crippen LogP contribution in [0.25, 0.3) is 0 Å². The Morgan fingerprint density at radius 1 is 1.15 bits per heavy atom. The van der Waals surface area contributed by atoms with E-state index >= 15 is 0 Å². The van der Waals surface area contributed by atoms with Crippen LogP contribution in [0.2, 0.25) is 0 Å². The summed E-state index contributed by atoms with van der Waals surface area (Å²) in [5, 5.41) is 2.94. The third-order valence-electron chi connectivity index (χ3n) is 3.15. The van der Waals surface area contributed by atoms with E-state index in [-0.39, 0.29) is 5.91 Å². The van der Waals surface area contributed by atoms with Crippen LogP contribution in [0.5, 0.6) is 0 Å². The van der Waals surface area contributed by atoms with Gasteiger partial charge in [0.05, 0.1) is 0 Å². The standard InChI is InChI=1S/C17H20N2O/c1-14-5-4-6-15(13-14)8-9-17(20)19-12-10-16-7-2-3-11-18-16/h2-7,11,13H,8-10,12H2,1H3,(H,19,20). The number of aromatic nitrogens is 1. The SMILES string of the molecule is Cc1cccc(CCC(=O)NCCc2ccccn2)c1. The number of rotatable bonds is 6. The van der Waals surface area contributed by atoms with Crippen LogP contribution >= 0.6 is 0 Å². The maximum absolute atomic E-state index is 11.8. The molecule has 3 nitrogen and oxygen atoms in total. The Morgan fingerprint density at radius 3 is 2.80 bits per heavy atom. The number of hydrogen-bond acceptors (Lipinski definition) is 2. The summed E-state index contributed by atoms with van der Waals surface area (Å²) in [5.74, 6) is 0.0995. The molecule has 2 rings (SSSR count). The van der Waals surface area contributed by atoms with E-state index in [0.717, 1.165) is 18.5 Å². The molecule has 20 heavy (non-hydrogen) atoms. The molecule has 0 saturated heterocycles. The molecule has 1 aromatic carbocycles. The first kappa shape index (κ1) is 14.3. The molecule has 0 bridgehead atoms. The van der Waals surface area contributed by atoms with Gasteiger partial charge in [0.1, 0.15) is 0 Å². The molecule has 3 heteroatoms. The minimum absolute atomic E-state index is 0.0995. The second-order valence-electron chi connectivity index (χ2n) is 4.91. The summed E-state index contributed by atoms with van der Waals surface area (Å²) < 4.78 is 0. The molecule has 1 amide bonds. The molecule has 0 aliphatic carbocycles. The van der Waals surface area contributed by atoms with Gasteiger partial charge in [0.15, 0.2) is 0 Å². The number of pyridine rings is 1. The van der Waals surface area contributed by atoms with Gasteiger partial charge in [0.2, 0.25) is 5.91 Å². The maximum Gasteiger partial charge on any atom is 0.220 e. The van der Waals surface area contributed by atoms with Crippen LogP contribution in [0.15, 0.2) is 48.7 Å². The van der Waals surface area contributed by atoms with E-state index in [2.05, 4.69) is 35.4 Å². The van der Waals surface area contributed by atoms with Gasteiger partial charge in [-0.3, -0.25) is 9.78 Å². The molecular weight excluding hydrogens is 248 g/mol. The topological polar surface area (TPSA) is 42.0 Å². The average Bonchev–Trinajstić information content (AvgIpc) is 2.46. The van der Waals surface area contributed by atoms with Crippen LogP contribution in [-0.2, 0) is 17.6 Å². The third kappa shape index (κ3) is 4.84. The molecule has 2 aromatic rings. The van der Waals surface area contributed by atoms with E-state index in [1.807, 2.05) is 24.3 Å². The van der Waals surface area contributed by atoms with E-state index < -0.39 is 0 Å². The third-order valence-corrected chi connectivity index (χ3v) is 3.15. The van der Waals surface area contributed by atoms with Crippen LogP contribution in [0.3, 0.4) is 0 Å². The lowest BCUT2D eigenvalue weighted by Crippen LogP contribution is -2.26. The summed E-state index contributed by atoms with van der Waals surface area (Å²) in [6.07, 6.45) is 3.87. The first-order chi connectivity index (χ1) is 9.74. The zero-order chi connectivity index (χ0) is 14.2. The molecule has 1 N–H and O–H groups in total. The molecular formula is C17H20N2O. The van der Waals surface area contributed by atoms with Gasteiger partial charge in [0, 0.05) is 31.3 Å². The summed E-state index contributed by atoms with van der Waals surface area (Å²) >= 11 is 0. The molecule has 0 aliphatic rings. The first-order valence-corrected chi connectivity index (χ1v) is 6.96. The number of hydrogen-bond donors (Lipinski definition) is 1. The summed E-state index contributed by atoms with van der Waals surface area (Å²) in [6, 6.07) is 14.1. The second kappa shape index (κ2) is 7.43. The molecule has 0 saturated carbocycles. The highest BCUT2D eigenvalue weighted by molar-refractivity contribution is 5.76. The summed E-state index contributed by atoms with van der Waals surface area (Å²) in [4.78, 5) is 16.0. The van der Waals surface area contributed by atoms with Crippen LogP contribution < -0.4 is 5.32 Å². The van der Waals surface area contributed by atoms with Crippen molar-refractivity contribution in [2.45, 2.75) is 26.2 Å². The van der Waals surface area contributed by atoms with Crippen LogP contribution in [0.1, 0.15) is 23.2 Å². The molecule has 0 aliphatic heterocycles. The van der Waals surface area contributed by atoms with Crippen LogP contribution in [0, 0.1) is 6.92 Å². The fraction of sp³-hybridized carbons (Fsp3) is 0.294. The number of carbonyl (C=O) groups is 1. The Labute approximate surface area is 120 Å². The zero-order valence-electron chi connectivity index (χ0n) is 11.8. The predicted molar refractivity (Wildman–Crippen MR) is 80.5 cm³/mol. The van der Waals surface area contributed by atoms with Crippen molar-refractivity contribution in [1.29, 1.82) is 0 Å². The van der Waals surface area contributed by atoms with Gasteiger partial charge in [-0.05, 0) is 31.0 Å². The quantitative estimate of drug-likeness (QED) is 0.875. The number of amides is 1. The Hall–Kier alpha value is -2.16. The van der Waals surface area contributed by atoms with Crippen molar-refractivity contribution in [1.82, 2.24) is 10.3 Å². The van der Waals surface area contributed by atoms with Gasteiger partial charge >= 0.3 is 0 Å². The molecule has 0 fully saturated rings. The van der Waals surface area contributed by atoms with Gasteiger partial charge in [0.25, 0.3) is 0 Å². The molecule has 0 spiro atoms. The van der Waals surface area contributed by atoms with Crippen molar-refractivity contribution < 1.29 is 4.79 Å². The average molecular weight is 268 g/mol. The maximum atomic E-state index is 11.8. The fourth-order valence-electron chi connectivity index (χ4n) is 2.09. The Bertz CT molecular complexity index is 552. The molecule has 1 aromatic heterocycles. The molecule has 1 heterocycles. The summed E-state index contributed by atoms with van der Waals surface area (Å²) in [5.41, 5.74) is 3.45. The van der Waals surface area contributed by atoms with Crippen molar-refractivity contribution in [2.24, 2.45) is 0 Å². The van der Waals surface area contributed by atoms with Gasteiger partial charge in [-0.2, -0.15) is 0 Å². The fourth-order valence-corrected chi connectivity index (χ4v) is 2.09. The summed E-state index contributed by atoms with van der Waals surface area (Å²) in [6.45, 7) is 2.71. The predicted octanol–water partition coefficient (Wildman–Crippen LogP) is 2.68. The second-order valence-corrected chi connectivity index (χ2v) is 4.91. The minimum atomic E-state index is 0.0995. The van der Waals surface area contributed by atoms with Crippen LogP contribution in [-0.4, -0.2) is 17.4 Å². The van der Waals surface area contributed by atoms with E-state index in [1.165, 1.54) is 11.1 Å². The van der Waals surface area contributed by atoms with E-state index in [4.69, 9.17) is 0 Å². The minimum Gasteiger partial charge on any atom is -0.356 e. The Balaban J connectivity index is 1.68. The highest BCUT2D eigenvalue weighted by Crippen LogP contribution is 2.06. The molecule has 0 atom stereocenters. The summed E-state index contributed by atoms with van der Waals surface area (Å²) in [7, 11) is 0. The van der Waals surface area contributed by atoms with Gasteiger partial charge < -0.3 is 5.32 Å². The lowest BCUT2D eigenvalue weighted by atomic mass is 10.1. The van der Waals surface area contributed by atoms with Gasteiger partial charge in [-0.25, -0.2) is 0 Å². The smallest absolute Gasteiger partial charge is 0.220 e. The van der Waals surface area contributed by atoms with Crippen molar-refractivity contribution >= 4 is 5.91 Å². The van der Waals surface area contributed by atoms with Crippen molar-refractivity contribution in [3.05, 3.63) is 65.5 Å². The molecule has 104 valence electrons. The largest absolute Gasteiger partial charge is 0.356 e. The number of nitrogens with one attached hydrogen (secondary N) is 1. The lowest BCUT2D eigenvalue weighted by molar-refractivity contribution is -0.121. The highest BCUT2D eigenvalue weighted by Gasteiger charge is 2.02. The number of nitrogens with zero attached hydrogens (tertiary/aromatic N) is 1. The van der Waals surface area contributed by atoms with Crippen LogP contribution in [0.4, 0.5) is 0 Å². The number of benzene rings is 1. The lowest BCUT2D eigenvalue weighted by Gasteiger charge is -2.05. The highest BCUT2D eigenvalue weighted by atomic mass is 16.1. The molecule has 0 unspecified atom stereocenters. The van der Waals surface area contributed by atoms with Crippen molar-refractivity contribution in [3.63, 3.8) is 0 Å². The Morgan fingerprint density at radius 2 is 2.05 bits per heavy atom.